The van der Waals surface area contributed by atoms with Crippen LogP contribution in [0.4, 0.5) is 0 Å². The van der Waals surface area contributed by atoms with Crippen molar-refractivity contribution in [3.63, 3.8) is 0 Å². The molecule has 0 atom stereocenters. The molecular weight excluding hydrogens is 424 g/mol. The van der Waals surface area contributed by atoms with Crippen molar-refractivity contribution in [3.05, 3.63) is 76.4 Å². The highest BCUT2D eigenvalue weighted by Gasteiger charge is 2.22. The number of aromatic nitrogens is 2. The molecule has 0 unspecified atom stereocenters. The van der Waals surface area contributed by atoms with Crippen molar-refractivity contribution in [2.75, 3.05) is 0 Å². The first-order valence-electron chi connectivity index (χ1n) is 13.7. The zero-order valence-electron chi connectivity index (χ0n) is 24.3. The van der Waals surface area contributed by atoms with Crippen LogP contribution in [-0.4, -0.2) is 4.57 Å². The Morgan fingerprint density at radius 2 is 0.914 bits per heavy atom. The van der Waals surface area contributed by atoms with E-state index < -0.39 is 0 Å². The molecule has 35 heavy (non-hydrogen) atoms. The molecule has 0 aliphatic heterocycles. The minimum absolute atomic E-state index is 0.438. The van der Waals surface area contributed by atoms with Gasteiger partial charge in [0.15, 0.2) is 0 Å². The molecule has 0 aliphatic rings. The van der Waals surface area contributed by atoms with Crippen molar-refractivity contribution >= 4 is 0 Å². The molecule has 0 spiro atoms. The normalized spacial score (nSPS) is 12.4. The summed E-state index contributed by atoms with van der Waals surface area (Å²) in [6.07, 6.45) is 8.16. The molecule has 190 valence electrons. The average Bonchev–Trinajstić information content (AvgIpc) is 3.26. The van der Waals surface area contributed by atoms with Crippen molar-refractivity contribution < 1.29 is 4.57 Å². The standard InChI is InChI=1S/C33H48N2/c1-20(2)26-15-28(22(5)6)32(29(16-26)23(7)8)34-13-14-35(19-34)33-30(24(9)10)17-27(21(3)4)18-31(33)25(11)12/h13-18,20-25H,1-12H3. The summed E-state index contributed by atoms with van der Waals surface area (Å²) in [4.78, 5) is 0. The molecule has 0 aliphatic carbocycles. The fraction of sp³-hybridized carbons (Fsp3) is 0.545. The summed E-state index contributed by atoms with van der Waals surface area (Å²) in [5, 5.41) is 0. The Balaban J connectivity index is 2.30. The van der Waals surface area contributed by atoms with Crippen LogP contribution in [0.5, 0.6) is 0 Å². The summed E-state index contributed by atoms with van der Waals surface area (Å²) < 4.78 is 4.50. The van der Waals surface area contributed by atoms with E-state index in [1.165, 1.54) is 44.8 Å². The van der Waals surface area contributed by atoms with E-state index in [1.54, 1.807) is 0 Å². The number of hydrogen-bond acceptors (Lipinski definition) is 0. The fourth-order valence-electron chi connectivity index (χ4n) is 4.96. The van der Waals surface area contributed by atoms with Crippen LogP contribution in [-0.2, 0) is 0 Å². The van der Waals surface area contributed by atoms with Crippen molar-refractivity contribution in [1.29, 1.82) is 0 Å². The van der Waals surface area contributed by atoms with Gasteiger partial charge in [0, 0.05) is 12.4 Å². The predicted octanol–water partition coefficient (Wildman–Crippen LogP) is 9.29. The number of rotatable bonds is 8. The highest BCUT2D eigenvalue weighted by molar-refractivity contribution is 5.54. The molecule has 0 radical (unpaired) electrons. The first-order chi connectivity index (χ1) is 16.3. The lowest BCUT2D eigenvalue weighted by Crippen LogP contribution is -2.32. The molecule has 2 aromatic carbocycles. The van der Waals surface area contributed by atoms with Crippen LogP contribution in [0.3, 0.4) is 0 Å². The summed E-state index contributed by atoms with van der Waals surface area (Å²) in [6, 6.07) is 9.69. The molecule has 0 amide bonds. The second-order valence-corrected chi connectivity index (χ2v) is 12.2. The second-order valence-electron chi connectivity index (χ2n) is 12.2. The highest BCUT2D eigenvalue weighted by atomic mass is 15.1. The van der Waals surface area contributed by atoms with Gasteiger partial charge in [-0.25, -0.2) is 0 Å². The van der Waals surface area contributed by atoms with Crippen molar-refractivity contribution in [3.8, 4) is 11.4 Å². The van der Waals surface area contributed by atoms with Crippen LogP contribution in [0.25, 0.3) is 11.4 Å². The largest absolute Gasteiger partial charge is 0.298 e. The van der Waals surface area contributed by atoms with Gasteiger partial charge in [-0.3, -0.25) is 9.13 Å². The van der Waals surface area contributed by atoms with Crippen LogP contribution < -0.4 is 4.57 Å². The Morgan fingerprint density at radius 1 is 0.543 bits per heavy atom. The Bertz CT molecular complexity index is 1010. The molecule has 2 heteroatoms. The van der Waals surface area contributed by atoms with Crippen LogP contribution in [0, 0.1) is 6.33 Å². The van der Waals surface area contributed by atoms with E-state index in [9.17, 15) is 0 Å². The maximum Gasteiger partial charge on any atom is 0.268 e. The number of nitrogens with zero attached hydrogens (tertiary/aromatic N) is 2. The molecule has 2 nitrogen and oxygen atoms in total. The minimum Gasteiger partial charge on any atom is -0.298 e. The van der Waals surface area contributed by atoms with Gasteiger partial charge in [-0.05, 0) is 68.9 Å². The maximum atomic E-state index is 3.76. The SMILES string of the molecule is CC(C)c1cc(C(C)C)c(-n2[c-][n+](-c3c(C(C)C)cc(C(C)C)cc3C(C)C)cc2)c(C(C)C)c1. The molecule has 0 saturated carbocycles. The zero-order chi connectivity index (χ0) is 26.2. The molecular formula is C33H48N2. The summed E-state index contributed by atoms with van der Waals surface area (Å²) >= 11 is 0. The van der Waals surface area contributed by atoms with Gasteiger partial charge < -0.3 is 0 Å². The first kappa shape index (κ1) is 27.2. The van der Waals surface area contributed by atoms with Gasteiger partial charge in [-0.15, -0.1) is 0 Å². The quantitative estimate of drug-likeness (QED) is 0.228. The topological polar surface area (TPSA) is 8.81 Å². The van der Waals surface area contributed by atoms with Gasteiger partial charge in [0.2, 0.25) is 0 Å². The summed E-state index contributed by atoms with van der Waals surface area (Å²) in [5.41, 5.74) is 11.1. The number of hydrogen-bond donors (Lipinski definition) is 0. The Morgan fingerprint density at radius 3 is 1.26 bits per heavy atom. The van der Waals surface area contributed by atoms with Crippen LogP contribution in [0.1, 0.15) is 152 Å². The lowest BCUT2D eigenvalue weighted by atomic mass is 9.87. The van der Waals surface area contributed by atoms with Gasteiger partial charge in [-0.2, -0.15) is 0 Å². The van der Waals surface area contributed by atoms with Crippen LogP contribution in [0.15, 0.2) is 36.7 Å². The fourth-order valence-corrected chi connectivity index (χ4v) is 4.96. The number of imidazole rings is 1. The van der Waals surface area contributed by atoms with E-state index in [1.807, 2.05) is 0 Å². The van der Waals surface area contributed by atoms with E-state index in [0.29, 0.717) is 35.5 Å². The Labute approximate surface area is 215 Å². The van der Waals surface area contributed by atoms with E-state index in [0.717, 1.165) is 0 Å². The zero-order valence-corrected chi connectivity index (χ0v) is 24.3. The number of benzene rings is 2. The third-order valence-electron chi connectivity index (χ3n) is 7.27. The predicted molar refractivity (Wildman–Crippen MR) is 151 cm³/mol. The molecule has 3 aromatic rings. The minimum atomic E-state index is 0.438. The lowest BCUT2D eigenvalue weighted by Gasteiger charge is -2.24. The van der Waals surface area contributed by atoms with Gasteiger partial charge in [0.1, 0.15) is 0 Å². The van der Waals surface area contributed by atoms with Gasteiger partial charge in [-0.1, -0.05) is 107 Å². The highest BCUT2D eigenvalue weighted by Crippen LogP contribution is 2.35. The third kappa shape index (κ3) is 5.57. The molecule has 0 saturated heterocycles. The van der Waals surface area contributed by atoms with Crippen molar-refractivity contribution in [2.45, 2.75) is 119 Å². The lowest BCUT2D eigenvalue weighted by molar-refractivity contribution is -0.600. The Hall–Kier alpha value is -2.35. The molecule has 1 aromatic heterocycles. The Kier molecular flexibility index (Phi) is 8.35. The summed E-state index contributed by atoms with van der Waals surface area (Å²) in [6.45, 7) is 27.6. The summed E-state index contributed by atoms with van der Waals surface area (Å²) in [7, 11) is 0. The summed E-state index contributed by atoms with van der Waals surface area (Å²) in [5.74, 6) is 2.78. The van der Waals surface area contributed by atoms with E-state index >= 15 is 0 Å². The maximum absolute atomic E-state index is 3.76. The second kappa shape index (κ2) is 10.7. The van der Waals surface area contributed by atoms with Crippen molar-refractivity contribution in [2.24, 2.45) is 0 Å². The van der Waals surface area contributed by atoms with E-state index in [2.05, 4.69) is 135 Å². The molecule has 0 N–H and O–H groups in total. The molecule has 3 rings (SSSR count). The van der Waals surface area contributed by atoms with Crippen LogP contribution in [0.2, 0.25) is 0 Å². The van der Waals surface area contributed by atoms with Gasteiger partial charge >= 0.3 is 0 Å². The van der Waals surface area contributed by atoms with Crippen LogP contribution >= 0.6 is 0 Å². The van der Waals surface area contributed by atoms with Gasteiger partial charge in [0.05, 0.1) is 11.4 Å². The molecule has 0 fully saturated rings. The van der Waals surface area contributed by atoms with E-state index in [-0.39, 0.29) is 0 Å². The van der Waals surface area contributed by atoms with E-state index in [4.69, 9.17) is 0 Å². The first-order valence-corrected chi connectivity index (χ1v) is 13.7. The monoisotopic (exact) mass is 472 g/mol. The average molecular weight is 473 g/mol. The van der Waals surface area contributed by atoms with Gasteiger partial charge in [0.25, 0.3) is 6.33 Å². The third-order valence-corrected chi connectivity index (χ3v) is 7.27. The molecule has 1 heterocycles. The van der Waals surface area contributed by atoms with Crippen molar-refractivity contribution in [1.82, 2.24) is 4.57 Å². The molecule has 0 bridgehead atoms. The smallest absolute Gasteiger partial charge is 0.268 e.